The lowest BCUT2D eigenvalue weighted by molar-refractivity contribution is 0.0746. The van der Waals surface area contributed by atoms with Crippen LogP contribution in [0, 0.1) is 5.82 Å². The monoisotopic (exact) mass is 314 g/mol. The van der Waals surface area contributed by atoms with Gasteiger partial charge in [0.2, 0.25) is 0 Å². The maximum absolute atomic E-state index is 13.8. The van der Waals surface area contributed by atoms with E-state index in [4.69, 9.17) is 23.2 Å². The quantitative estimate of drug-likeness (QED) is 0.905. The topological polar surface area (TPSA) is 36.1 Å². The average Bonchev–Trinajstić information content (AvgIpc) is 2.84. The smallest absolute Gasteiger partial charge is 0.270 e. The maximum Gasteiger partial charge on any atom is 0.270 e. The Morgan fingerprint density at radius 2 is 2.15 bits per heavy atom. The van der Waals surface area contributed by atoms with E-state index in [1.54, 1.807) is 6.07 Å². The van der Waals surface area contributed by atoms with E-state index >= 15 is 0 Å². The maximum atomic E-state index is 13.8. The van der Waals surface area contributed by atoms with Crippen LogP contribution in [0.2, 0.25) is 10.0 Å². The first-order valence-corrected chi connectivity index (χ1v) is 6.84. The van der Waals surface area contributed by atoms with Crippen LogP contribution in [-0.4, -0.2) is 22.3 Å². The molecule has 1 aromatic heterocycles. The lowest BCUT2D eigenvalue weighted by Crippen LogP contribution is -2.31. The van der Waals surface area contributed by atoms with Gasteiger partial charge in [-0.25, -0.2) is 4.39 Å². The van der Waals surface area contributed by atoms with E-state index in [1.165, 1.54) is 29.3 Å². The summed E-state index contributed by atoms with van der Waals surface area (Å²) in [5.74, 6) is -0.674. The molecule has 2 aromatic rings. The predicted molar refractivity (Wildman–Crippen MR) is 77.6 cm³/mol. The molecule has 1 aromatic carbocycles. The summed E-state index contributed by atoms with van der Waals surface area (Å²) in [6.45, 7) is 2.36. The number of nitrogens with zero attached hydrogens (tertiary/aromatic N) is 1. The van der Waals surface area contributed by atoms with Crippen molar-refractivity contribution in [3.05, 3.63) is 57.6 Å². The van der Waals surface area contributed by atoms with Crippen LogP contribution in [0.3, 0.4) is 0 Å². The molecule has 0 saturated heterocycles. The number of H-pyrrole nitrogens is 1. The summed E-state index contributed by atoms with van der Waals surface area (Å²) in [5.41, 5.74) is 0.673. The Morgan fingerprint density at radius 3 is 2.70 bits per heavy atom. The van der Waals surface area contributed by atoms with Gasteiger partial charge in [-0.1, -0.05) is 29.3 Å². The molecule has 2 rings (SSSR count). The summed E-state index contributed by atoms with van der Waals surface area (Å²) in [6, 6.07) is 5.99. The molecule has 20 heavy (non-hydrogen) atoms. The molecule has 0 radical (unpaired) electrons. The standard InChI is InChI=1S/C14H13Cl2FN2O/c1-2-19(14(20)13-6-9(15)7-18-13)8-10-11(16)4-3-5-12(10)17/h3-7,18H,2,8H2,1H3. The molecule has 0 aliphatic carbocycles. The number of aromatic amines is 1. The molecule has 6 heteroatoms. The van der Waals surface area contributed by atoms with Gasteiger partial charge >= 0.3 is 0 Å². The van der Waals surface area contributed by atoms with Gasteiger partial charge < -0.3 is 9.88 Å². The largest absolute Gasteiger partial charge is 0.356 e. The van der Waals surface area contributed by atoms with Crippen molar-refractivity contribution in [1.29, 1.82) is 0 Å². The van der Waals surface area contributed by atoms with Gasteiger partial charge in [0.15, 0.2) is 0 Å². The molecule has 0 fully saturated rings. The van der Waals surface area contributed by atoms with Crippen LogP contribution in [0.25, 0.3) is 0 Å². The lowest BCUT2D eigenvalue weighted by Gasteiger charge is -2.21. The van der Waals surface area contributed by atoms with E-state index < -0.39 is 5.82 Å². The van der Waals surface area contributed by atoms with Gasteiger partial charge in [0.25, 0.3) is 5.91 Å². The van der Waals surface area contributed by atoms with Crippen LogP contribution in [0.4, 0.5) is 4.39 Å². The molecule has 0 spiro atoms. The molecule has 1 amide bonds. The molecular formula is C14H13Cl2FN2O. The van der Waals surface area contributed by atoms with Crippen molar-refractivity contribution in [2.45, 2.75) is 13.5 Å². The number of benzene rings is 1. The van der Waals surface area contributed by atoms with Crippen LogP contribution in [-0.2, 0) is 6.54 Å². The Bertz CT molecular complexity index is 607. The fourth-order valence-electron chi connectivity index (χ4n) is 1.86. The number of hydrogen-bond acceptors (Lipinski definition) is 1. The van der Waals surface area contributed by atoms with Crippen molar-refractivity contribution < 1.29 is 9.18 Å². The Morgan fingerprint density at radius 1 is 1.40 bits per heavy atom. The van der Waals surface area contributed by atoms with E-state index in [0.717, 1.165) is 0 Å². The minimum absolute atomic E-state index is 0.109. The molecule has 3 nitrogen and oxygen atoms in total. The Labute approximate surface area is 126 Å². The van der Waals surface area contributed by atoms with Crippen molar-refractivity contribution >= 4 is 29.1 Å². The lowest BCUT2D eigenvalue weighted by atomic mass is 10.2. The zero-order valence-electron chi connectivity index (χ0n) is 10.8. The third kappa shape index (κ3) is 3.14. The van der Waals surface area contributed by atoms with E-state index in [9.17, 15) is 9.18 Å². The highest BCUT2D eigenvalue weighted by atomic mass is 35.5. The third-order valence-corrected chi connectivity index (χ3v) is 3.53. The van der Waals surface area contributed by atoms with E-state index in [-0.39, 0.29) is 12.5 Å². The Hall–Kier alpha value is -1.52. The van der Waals surface area contributed by atoms with Gasteiger partial charge in [0, 0.05) is 23.3 Å². The van der Waals surface area contributed by atoms with Crippen LogP contribution in [0.5, 0.6) is 0 Å². The van der Waals surface area contributed by atoms with Gasteiger partial charge in [0.1, 0.15) is 11.5 Å². The first-order chi connectivity index (χ1) is 9.52. The van der Waals surface area contributed by atoms with E-state index in [2.05, 4.69) is 4.98 Å². The molecule has 0 atom stereocenters. The first kappa shape index (κ1) is 14.9. The Balaban J connectivity index is 2.23. The summed E-state index contributed by atoms with van der Waals surface area (Å²) in [5, 5.41) is 0.758. The second-order valence-corrected chi connectivity index (χ2v) is 5.09. The molecule has 1 heterocycles. The Kier molecular flexibility index (Phi) is 4.68. The fourth-order valence-corrected chi connectivity index (χ4v) is 2.25. The van der Waals surface area contributed by atoms with Crippen LogP contribution < -0.4 is 0 Å². The zero-order valence-corrected chi connectivity index (χ0v) is 12.3. The third-order valence-electron chi connectivity index (χ3n) is 2.96. The van der Waals surface area contributed by atoms with Crippen molar-refractivity contribution in [3.63, 3.8) is 0 Å². The zero-order chi connectivity index (χ0) is 14.7. The molecule has 0 aliphatic rings. The number of rotatable bonds is 4. The minimum Gasteiger partial charge on any atom is -0.356 e. The summed E-state index contributed by atoms with van der Waals surface area (Å²) in [6.07, 6.45) is 1.53. The van der Waals surface area contributed by atoms with Gasteiger partial charge in [-0.15, -0.1) is 0 Å². The second kappa shape index (κ2) is 6.29. The first-order valence-electron chi connectivity index (χ1n) is 6.09. The summed E-state index contributed by atoms with van der Waals surface area (Å²) in [7, 11) is 0. The summed E-state index contributed by atoms with van der Waals surface area (Å²) in [4.78, 5) is 16.6. The normalized spacial score (nSPS) is 10.6. The summed E-state index contributed by atoms with van der Waals surface area (Å²) >= 11 is 11.8. The number of aromatic nitrogens is 1. The highest BCUT2D eigenvalue weighted by Crippen LogP contribution is 2.22. The average molecular weight is 315 g/mol. The highest BCUT2D eigenvalue weighted by molar-refractivity contribution is 6.31. The number of carbonyl (C=O) groups is 1. The molecule has 0 unspecified atom stereocenters. The highest BCUT2D eigenvalue weighted by Gasteiger charge is 2.19. The van der Waals surface area contributed by atoms with Crippen LogP contribution >= 0.6 is 23.2 Å². The van der Waals surface area contributed by atoms with Crippen molar-refractivity contribution in [3.8, 4) is 0 Å². The van der Waals surface area contributed by atoms with Crippen molar-refractivity contribution in [2.75, 3.05) is 6.54 Å². The fraction of sp³-hybridized carbons (Fsp3) is 0.214. The molecule has 1 N–H and O–H groups in total. The number of nitrogens with one attached hydrogen (secondary N) is 1. The number of halogens is 3. The van der Waals surface area contributed by atoms with Gasteiger partial charge in [0.05, 0.1) is 11.6 Å². The SMILES string of the molecule is CCN(Cc1c(F)cccc1Cl)C(=O)c1cc(Cl)c[nH]1. The summed E-state index contributed by atoms with van der Waals surface area (Å²) < 4.78 is 13.8. The van der Waals surface area contributed by atoms with Crippen LogP contribution in [0.15, 0.2) is 30.5 Å². The second-order valence-electron chi connectivity index (χ2n) is 4.25. The van der Waals surface area contributed by atoms with E-state index in [1.807, 2.05) is 6.92 Å². The minimum atomic E-state index is -0.423. The van der Waals surface area contributed by atoms with Crippen LogP contribution in [0.1, 0.15) is 23.0 Å². The molecule has 0 bridgehead atoms. The van der Waals surface area contributed by atoms with E-state index in [0.29, 0.717) is 27.8 Å². The molecule has 0 saturated carbocycles. The van der Waals surface area contributed by atoms with Gasteiger partial charge in [-0.05, 0) is 25.1 Å². The van der Waals surface area contributed by atoms with Gasteiger partial charge in [-0.3, -0.25) is 4.79 Å². The van der Waals surface area contributed by atoms with Crippen molar-refractivity contribution in [1.82, 2.24) is 9.88 Å². The number of amides is 1. The van der Waals surface area contributed by atoms with Crippen molar-refractivity contribution in [2.24, 2.45) is 0 Å². The molecule has 0 aliphatic heterocycles. The number of carbonyl (C=O) groups excluding carboxylic acids is 1. The predicted octanol–water partition coefficient (Wildman–Crippen LogP) is 4.12. The molecule has 106 valence electrons. The van der Waals surface area contributed by atoms with Gasteiger partial charge in [-0.2, -0.15) is 0 Å². The number of hydrogen-bond donors (Lipinski definition) is 1. The molecular weight excluding hydrogens is 302 g/mol.